The normalized spacial score (nSPS) is 10.4. The maximum atomic E-state index is 12.2. The van der Waals surface area contributed by atoms with Gasteiger partial charge in [-0.2, -0.15) is 0 Å². The molecule has 0 aromatic heterocycles. The van der Waals surface area contributed by atoms with Crippen LogP contribution >= 0.6 is 0 Å². The van der Waals surface area contributed by atoms with Crippen LogP contribution in [0, 0.1) is 13.8 Å². The van der Waals surface area contributed by atoms with Crippen LogP contribution < -0.4 is 15.5 Å². The summed E-state index contributed by atoms with van der Waals surface area (Å²) >= 11 is 0. The molecule has 2 aromatic carbocycles. The maximum Gasteiger partial charge on any atom is 0.233 e. The summed E-state index contributed by atoms with van der Waals surface area (Å²) in [6, 6.07) is 13.9. The molecule has 0 atom stereocenters. The molecule has 2 aromatic rings. The van der Waals surface area contributed by atoms with Crippen LogP contribution in [0.3, 0.4) is 0 Å². The Bertz CT molecular complexity index is 781. The summed E-state index contributed by atoms with van der Waals surface area (Å²) in [5.41, 5.74) is 5.03. The van der Waals surface area contributed by atoms with E-state index >= 15 is 0 Å². The average molecular weight is 367 g/mol. The Morgan fingerprint density at radius 2 is 1.59 bits per heavy atom. The smallest absolute Gasteiger partial charge is 0.233 e. The van der Waals surface area contributed by atoms with Crippen LogP contribution in [0.1, 0.15) is 37.0 Å². The van der Waals surface area contributed by atoms with Crippen LogP contribution in [-0.4, -0.2) is 24.9 Å². The molecule has 2 rings (SSSR count). The fraction of sp³-hybridized carbons (Fsp3) is 0.364. The lowest BCUT2D eigenvalue weighted by Gasteiger charge is -2.22. The molecule has 5 heteroatoms. The standard InChI is InChI=1S/C22H29N3O2/c1-5-25(6-2)19-11-12-20(17(4)13-19)24-22(27)14-21(26)23-15-18-9-7-16(3)8-10-18/h7-13H,5-6,14-15H2,1-4H3,(H,23,26)(H,24,27). The summed E-state index contributed by atoms with van der Waals surface area (Å²) in [6.07, 6.45) is -0.191. The summed E-state index contributed by atoms with van der Waals surface area (Å²) in [7, 11) is 0. The van der Waals surface area contributed by atoms with Crippen LogP contribution in [0.4, 0.5) is 11.4 Å². The molecule has 0 spiro atoms. The Morgan fingerprint density at radius 3 is 2.19 bits per heavy atom. The van der Waals surface area contributed by atoms with Crippen molar-refractivity contribution in [3.05, 3.63) is 59.2 Å². The van der Waals surface area contributed by atoms with E-state index in [0.717, 1.165) is 35.6 Å². The van der Waals surface area contributed by atoms with Crippen LogP contribution in [-0.2, 0) is 16.1 Å². The molecule has 0 aliphatic rings. The fourth-order valence-electron chi connectivity index (χ4n) is 2.88. The highest BCUT2D eigenvalue weighted by atomic mass is 16.2. The van der Waals surface area contributed by atoms with Crippen molar-refractivity contribution in [1.82, 2.24) is 5.32 Å². The number of aryl methyl sites for hydroxylation is 2. The van der Waals surface area contributed by atoms with E-state index in [1.165, 1.54) is 5.56 Å². The summed E-state index contributed by atoms with van der Waals surface area (Å²) in [5, 5.41) is 5.61. The topological polar surface area (TPSA) is 61.4 Å². The zero-order valence-electron chi connectivity index (χ0n) is 16.6. The fourth-order valence-corrected chi connectivity index (χ4v) is 2.88. The van der Waals surface area contributed by atoms with Crippen molar-refractivity contribution in [2.24, 2.45) is 0 Å². The van der Waals surface area contributed by atoms with Crippen molar-refractivity contribution in [2.45, 2.75) is 40.7 Å². The van der Waals surface area contributed by atoms with Crippen LogP contribution in [0.25, 0.3) is 0 Å². The van der Waals surface area contributed by atoms with Crippen LogP contribution in [0.2, 0.25) is 0 Å². The molecule has 0 aliphatic heterocycles. The Balaban J connectivity index is 1.87. The van der Waals surface area contributed by atoms with Gasteiger partial charge in [0.25, 0.3) is 0 Å². The predicted octanol–water partition coefficient (Wildman–Crippen LogP) is 3.79. The van der Waals surface area contributed by atoms with E-state index in [0.29, 0.717) is 6.54 Å². The molecule has 0 saturated heterocycles. The number of rotatable bonds is 8. The van der Waals surface area contributed by atoms with Gasteiger partial charge >= 0.3 is 0 Å². The molecule has 0 heterocycles. The van der Waals surface area contributed by atoms with Gasteiger partial charge in [0, 0.05) is 31.0 Å². The first kappa shape index (κ1) is 20.5. The molecule has 2 amide bonds. The number of carbonyl (C=O) groups excluding carboxylic acids is 2. The summed E-state index contributed by atoms with van der Waals surface area (Å²) in [4.78, 5) is 26.4. The Kier molecular flexibility index (Phi) is 7.41. The lowest BCUT2D eigenvalue weighted by molar-refractivity contribution is -0.126. The lowest BCUT2D eigenvalue weighted by atomic mass is 10.1. The first-order valence-corrected chi connectivity index (χ1v) is 9.40. The highest BCUT2D eigenvalue weighted by molar-refractivity contribution is 6.03. The van der Waals surface area contributed by atoms with E-state index < -0.39 is 0 Å². The molecular formula is C22H29N3O2. The number of nitrogens with zero attached hydrogens (tertiary/aromatic N) is 1. The van der Waals surface area contributed by atoms with Crippen molar-refractivity contribution in [3.63, 3.8) is 0 Å². The van der Waals surface area contributed by atoms with Gasteiger partial charge in [0.15, 0.2) is 0 Å². The predicted molar refractivity (Wildman–Crippen MR) is 111 cm³/mol. The number of benzene rings is 2. The Labute approximate surface area is 161 Å². The second-order valence-electron chi connectivity index (χ2n) is 6.66. The van der Waals surface area contributed by atoms with Gasteiger partial charge in [-0.25, -0.2) is 0 Å². The van der Waals surface area contributed by atoms with E-state index in [9.17, 15) is 9.59 Å². The zero-order valence-corrected chi connectivity index (χ0v) is 16.6. The molecular weight excluding hydrogens is 338 g/mol. The SMILES string of the molecule is CCN(CC)c1ccc(NC(=O)CC(=O)NCc2ccc(C)cc2)c(C)c1. The number of carbonyl (C=O) groups is 2. The molecule has 0 aliphatic carbocycles. The van der Waals surface area contributed by atoms with Gasteiger partial charge < -0.3 is 15.5 Å². The van der Waals surface area contributed by atoms with Crippen molar-refractivity contribution >= 4 is 23.2 Å². The molecule has 0 unspecified atom stereocenters. The minimum absolute atomic E-state index is 0.191. The van der Waals surface area contributed by atoms with Gasteiger partial charge in [0.05, 0.1) is 0 Å². The second kappa shape index (κ2) is 9.76. The molecule has 2 N–H and O–H groups in total. The van der Waals surface area contributed by atoms with Crippen molar-refractivity contribution in [1.29, 1.82) is 0 Å². The summed E-state index contributed by atoms with van der Waals surface area (Å²) < 4.78 is 0. The third kappa shape index (κ3) is 6.13. The number of nitrogens with one attached hydrogen (secondary N) is 2. The monoisotopic (exact) mass is 367 g/mol. The average Bonchev–Trinajstić information content (AvgIpc) is 2.64. The third-order valence-electron chi connectivity index (χ3n) is 4.54. The Morgan fingerprint density at radius 1 is 0.926 bits per heavy atom. The van der Waals surface area contributed by atoms with Gasteiger partial charge in [-0.05, 0) is 57.0 Å². The molecule has 0 fully saturated rings. The quantitative estimate of drug-likeness (QED) is 0.698. The number of hydrogen-bond donors (Lipinski definition) is 2. The summed E-state index contributed by atoms with van der Waals surface area (Å²) in [6.45, 7) is 10.5. The van der Waals surface area contributed by atoms with Crippen molar-refractivity contribution in [3.8, 4) is 0 Å². The van der Waals surface area contributed by atoms with E-state index in [4.69, 9.17) is 0 Å². The molecule has 0 bridgehead atoms. The highest BCUT2D eigenvalue weighted by Gasteiger charge is 2.12. The summed E-state index contributed by atoms with van der Waals surface area (Å²) in [5.74, 6) is -0.597. The second-order valence-corrected chi connectivity index (χ2v) is 6.66. The minimum atomic E-state index is -0.310. The van der Waals surface area contributed by atoms with Crippen molar-refractivity contribution in [2.75, 3.05) is 23.3 Å². The molecule has 27 heavy (non-hydrogen) atoms. The van der Waals surface area contributed by atoms with E-state index in [-0.39, 0.29) is 18.2 Å². The van der Waals surface area contributed by atoms with Gasteiger partial charge in [-0.1, -0.05) is 29.8 Å². The van der Waals surface area contributed by atoms with Gasteiger partial charge in [-0.15, -0.1) is 0 Å². The molecule has 144 valence electrons. The molecule has 0 radical (unpaired) electrons. The highest BCUT2D eigenvalue weighted by Crippen LogP contribution is 2.22. The van der Waals surface area contributed by atoms with E-state index in [1.54, 1.807) is 0 Å². The third-order valence-corrected chi connectivity index (χ3v) is 4.54. The van der Waals surface area contributed by atoms with E-state index in [1.807, 2.05) is 50.2 Å². The van der Waals surface area contributed by atoms with Gasteiger partial charge in [0.2, 0.25) is 11.8 Å². The molecule has 0 saturated carbocycles. The zero-order chi connectivity index (χ0) is 19.8. The van der Waals surface area contributed by atoms with Crippen molar-refractivity contribution < 1.29 is 9.59 Å². The Hall–Kier alpha value is -2.82. The van der Waals surface area contributed by atoms with Crippen LogP contribution in [0.15, 0.2) is 42.5 Å². The number of anilines is 2. The lowest BCUT2D eigenvalue weighted by Crippen LogP contribution is -2.28. The maximum absolute atomic E-state index is 12.2. The van der Waals surface area contributed by atoms with Gasteiger partial charge in [-0.3, -0.25) is 9.59 Å². The number of amides is 2. The largest absolute Gasteiger partial charge is 0.372 e. The first-order chi connectivity index (χ1) is 12.9. The van der Waals surface area contributed by atoms with E-state index in [2.05, 4.69) is 35.4 Å². The van der Waals surface area contributed by atoms with Crippen LogP contribution in [0.5, 0.6) is 0 Å². The van der Waals surface area contributed by atoms with Gasteiger partial charge in [0.1, 0.15) is 6.42 Å². The first-order valence-electron chi connectivity index (χ1n) is 9.40. The molecule has 5 nitrogen and oxygen atoms in total. The minimum Gasteiger partial charge on any atom is -0.372 e. The number of hydrogen-bond acceptors (Lipinski definition) is 3.